The summed E-state index contributed by atoms with van der Waals surface area (Å²) in [5.74, 6) is -4.63. The molecule has 16 unspecified atom stereocenters. The maximum atomic E-state index is 12.5. The number of aliphatic hydroxyl groups is 4. The van der Waals surface area contributed by atoms with Gasteiger partial charge in [0.25, 0.3) is 0 Å². The minimum atomic E-state index is -1.73. The van der Waals surface area contributed by atoms with E-state index in [1.54, 1.807) is 6.92 Å². The standard InChI is InChI=1S/C32H53N3O17/c1-12(2)29(44)47-11-19-27(51-30-20(33)23(39)14(4)17(8-36)48-30)25(41)22(35-16(6)38)32(50-19)52-26-18(10-46-9-13(3)28(42)43)49-31(45-7)21(24(26)40)34-15(5)37/h13-14,17-27,30-32,36,39-41H,1,8-11,33H2,2-7H3,(H,34,37)(H,35,38)(H,42,43). The molecular weight excluding hydrogens is 698 g/mol. The Bertz CT molecular complexity index is 1240. The SMILES string of the molecule is C=C(C)C(=O)OCC1OC(OC2C(COCC(C)C(=O)O)OC(OC)C(NC(C)=O)C2O)C(NC(C)=O)C(O)C1OC1OC(CO)C(C)C(O)C1N. The second-order valence-electron chi connectivity index (χ2n) is 13.3. The Kier molecular flexibility index (Phi) is 16.3. The third kappa shape index (κ3) is 10.9. The van der Waals surface area contributed by atoms with Crippen molar-refractivity contribution in [3.63, 3.8) is 0 Å². The van der Waals surface area contributed by atoms with E-state index in [2.05, 4.69) is 17.2 Å². The number of carboxylic acids is 1. The van der Waals surface area contributed by atoms with E-state index in [1.807, 2.05) is 0 Å². The lowest BCUT2D eigenvalue weighted by molar-refractivity contribution is -0.350. The summed E-state index contributed by atoms with van der Waals surface area (Å²) in [5.41, 5.74) is 6.26. The summed E-state index contributed by atoms with van der Waals surface area (Å²) < 4.78 is 46.6. The molecule has 3 aliphatic rings. The first-order chi connectivity index (χ1) is 24.4. The van der Waals surface area contributed by atoms with Gasteiger partial charge < -0.3 is 79.8 Å². The van der Waals surface area contributed by atoms with E-state index < -0.39 is 135 Å². The fourth-order valence-electron chi connectivity index (χ4n) is 6.01. The Morgan fingerprint density at radius 3 is 1.83 bits per heavy atom. The molecule has 0 aromatic heterocycles. The molecule has 52 heavy (non-hydrogen) atoms. The molecule has 20 nitrogen and oxygen atoms in total. The Balaban J connectivity index is 2.00. The van der Waals surface area contributed by atoms with Crippen LogP contribution in [0.2, 0.25) is 0 Å². The molecule has 0 saturated carbocycles. The van der Waals surface area contributed by atoms with Gasteiger partial charge in [-0.3, -0.25) is 14.4 Å². The first-order valence-corrected chi connectivity index (χ1v) is 16.8. The van der Waals surface area contributed by atoms with Gasteiger partial charge in [-0.15, -0.1) is 0 Å². The average Bonchev–Trinajstić information content (AvgIpc) is 3.08. The first-order valence-electron chi connectivity index (χ1n) is 16.8. The van der Waals surface area contributed by atoms with Crippen LogP contribution in [0.1, 0.15) is 34.6 Å². The summed E-state index contributed by atoms with van der Waals surface area (Å²) in [4.78, 5) is 48.3. The van der Waals surface area contributed by atoms with Crippen LogP contribution < -0.4 is 16.4 Å². The molecule has 3 rings (SSSR count). The summed E-state index contributed by atoms with van der Waals surface area (Å²) in [7, 11) is 1.27. The fourth-order valence-corrected chi connectivity index (χ4v) is 6.01. The van der Waals surface area contributed by atoms with Gasteiger partial charge in [-0.25, -0.2) is 4.79 Å². The van der Waals surface area contributed by atoms with Gasteiger partial charge in [-0.05, 0) is 13.8 Å². The van der Waals surface area contributed by atoms with Crippen molar-refractivity contribution in [3.05, 3.63) is 12.2 Å². The number of aliphatic carboxylic acids is 1. The third-order valence-electron chi connectivity index (χ3n) is 9.02. The highest BCUT2D eigenvalue weighted by atomic mass is 16.7. The lowest BCUT2D eigenvalue weighted by Crippen LogP contribution is -2.70. The Labute approximate surface area is 300 Å². The maximum Gasteiger partial charge on any atom is 0.333 e. The minimum absolute atomic E-state index is 0.0394. The summed E-state index contributed by atoms with van der Waals surface area (Å²) in [6.07, 6.45) is -15.3. The molecule has 0 aromatic carbocycles. The Hall–Kier alpha value is -2.86. The average molecular weight is 752 g/mol. The molecule has 16 atom stereocenters. The Morgan fingerprint density at radius 2 is 1.33 bits per heavy atom. The lowest BCUT2D eigenvalue weighted by Gasteiger charge is -2.50. The molecule has 3 heterocycles. The van der Waals surface area contributed by atoms with Crippen LogP contribution in [0.3, 0.4) is 0 Å². The zero-order chi connectivity index (χ0) is 39.0. The van der Waals surface area contributed by atoms with Crippen molar-refractivity contribution in [2.75, 3.05) is 33.5 Å². The van der Waals surface area contributed by atoms with Gasteiger partial charge in [-0.2, -0.15) is 0 Å². The van der Waals surface area contributed by atoms with Gasteiger partial charge in [-0.1, -0.05) is 13.5 Å². The van der Waals surface area contributed by atoms with Crippen LogP contribution in [0, 0.1) is 11.8 Å². The third-order valence-corrected chi connectivity index (χ3v) is 9.02. The van der Waals surface area contributed by atoms with Gasteiger partial charge in [0.2, 0.25) is 11.8 Å². The highest BCUT2D eigenvalue weighted by molar-refractivity contribution is 5.86. The van der Waals surface area contributed by atoms with Crippen LogP contribution in [0.4, 0.5) is 0 Å². The number of esters is 1. The van der Waals surface area contributed by atoms with Crippen molar-refractivity contribution in [1.29, 1.82) is 0 Å². The highest BCUT2D eigenvalue weighted by Gasteiger charge is 2.54. The molecule has 0 bridgehead atoms. The van der Waals surface area contributed by atoms with Crippen molar-refractivity contribution in [3.8, 4) is 0 Å². The number of aliphatic hydroxyl groups excluding tert-OH is 4. The topological polar surface area (TPSA) is 293 Å². The van der Waals surface area contributed by atoms with E-state index in [4.69, 9.17) is 43.6 Å². The molecule has 2 amide bonds. The maximum absolute atomic E-state index is 12.5. The molecule has 0 radical (unpaired) electrons. The molecule has 3 fully saturated rings. The number of methoxy groups -OCH3 is 1. The van der Waals surface area contributed by atoms with Crippen molar-refractivity contribution in [2.24, 2.45) is 17.6 Å². The molecule has 9 N–H and O–H groups in total. The van der Waals surface area contributed by atoms with Crippen LogP contribution in [0.25, 0.3) is 0 Å². The van der Waals surface area contributed by atoms with E-state index in [0.29, 0.717) is 0 Å². The summed E-state index contributed by atoms with van der Waals surface area (Å²) >= 11 is 0. The smallest absolute Gasteiger partial charge is 0.333 e. The number of hydrogen-bond donors (Lipinski definition) is 8. The van der Waals surface area contributed by atoms with E-state index in [1.165, 1.54) is 27.9 Å². The van der Waals surface area contributed by atoms with E-state index in [9.17, 15) is 44.7 Å². The van der Waals surface area contributed by atoms with E-state index in [-0.39, 0.29) is 18.8 Å². The van der Waals surface area contributed by atoms with E-state index >= 15 is 0 Å². The molecule has 0 aromatic rings. The number of rotatable bonds is 16. The number of carbonyl (C=O) groups is 4. The lowest BCUT2D eigenvalue weighted by atomic mass is 9.89. The summed E-state index contributed by atoms with van der Waals surface area (Å²) in [5, 5.41) is 58.3. The van der Waals surface area contributed by atoms with Gasteiger partial charge in [0.05, 0.1) is 44.0 Å². The summed E-state index contributed by atoms with van der Waals surface area (Å²) in [6, 6.07) is -3.85. The van der Waals surface area contributed by atoms with Crippen LogP contribution in [-0.4, -0.2) is 169 Å². The fraction of sp³-hybridized carbons (Fsp3) is 0.812. The predicted octanol–water partition coefficient (Wildman–Crippen LogP) is -3.52. The molecule has 3 aliphatic heterocycles. The van der Waals surface area contributed by atoms with Crippen molar-refractivity contribution >= 4 is 23.8 Å². The second-order valence-corrected chi connectivity index (χ2v) is 13.3. The number of carboxylic acid groups (broad SMARTS) is 1. The molecule has 0 aliphatic carbocycles. The number of nitrogens with two attached hydrogens (primary N) is 1. The Morgan fingerprint density at radius 1 is 0.827 bits per heavy atom. The van der Waals surface area contributed by atoms with Gasteiger partial charge >= 0.3 is 11.9 Å². The minimum Gasteiger partial charge on any atom is -0.481 e. The van der Waals surface area contributed by atoms with Crippen molar-refractivity contribution in [2.45, 2.75) is 120 Å². The number of hydrogen-bond acceptors (Lipinski definition) is 17. The molecule has 3 saturated heterocycles. The normalized spacial score (nSPS) is 38.5. The van der Waals surface area contributed by atoms with E-state index in [0.717, 1.165) is 6.92 Å². The summed E-state index contributed by atoms with van der Waals surface area (Å²) in [6.45, 7) is 8.68. The number of carbonyl (C=O) groups excluding carboxylic acids is 3. The second kappa shape index (κ2) is 19.5. The monoisotopic (exact) mass is 751 g/mol. The van der Waals surface area contributed by atoms with Crippen LogP contribution >= 0.6 is 0 Å². The van der Waals surface area contributed by atoms with Crippen molar-refractivity contribution < 1.29 is 82.6 Å². The highest BCUT2D eigenvalue weighted by Crippen LogP contribution is 2.34. The zero-order valence-corrected chi connectivity index (χ0v) is 30.0. The molecule has 20 heteroatoms. The zero-order valence-electron chi connectivity index (χ0n) is 30.0. The molecule has 298 valence electrons. The van der Waals surface area contributed by atoms with Gasteiger partial charge in [0.15, 0.2) is 18.9 Å². The quantitative estimate of drug-likeness (QED) is 0.0560. The molecular formula is C32H53N3O17. The number of amides is 2. The van der Waals surface area contributed by atoms with Crippen LogP contribution in [0.15, 0.2) is 12.2 Å². The predicted molar refractivity (Wildman–Crippen MR) is 174 cm³/mol. The molecule has 0 spiro atoms. The van der Waals surface area contributed by atoms with Crippen LogP contribution in [0.5, 0.6) is 0 Å². The van der Waals surface area contributed by atoms with Crippen LogP contribution in [-0.2, 0) is 57.1 Å². The number of nitrogens with one attached hydrogen (secondary N) is 2. The van der Waals surface area contributed by atoms with Crippen molar-refractivity contribution in [1.82, 2.24) is 10.6 Å². The first kappa shape index (κ1) is 43.5. The number of ether oxygens (including phenoxy) is 8. The largest absolute Gasteiger partial charge is 0.481 e. The van der Waals surface area contributed by atoms with Gasteiger partial charge in [0, 0.05) is 32.4 Å². The van der Waals surface area contributed by atoms with Gasteiger partial charge in [0.1, 0.15) is 55.3 Å².